The summed E-state index contributed by atoms with van der Waals surface area (Å²) in [6.07, 6.45) is 3.96. The predicted molar refractivity (Wildman–Crippen MR) is 126 cm³/mol. The first-order valence-corrected chi connectivity index (χ1v) is 12.5. The van der Waals surface area contributed by atoms with Gasteiger partial charge in [-0.2, -0.15) is 0 Å². The standard InChI is InChI=1S/C27H23NO6S/c1-13-9-20(30)19-10-18-16(23(24(19)25(13)31)21-7-4-14(12-29)34-21)5-6-17-22(18)27(33)28(26(17)32)11-15-3-2-8-35-15/h2-5,7-9,17-18,22-23,29H,6,10-12H2,1H3/t17-,18+,22-,23+/m0/s1. The molecule has 1 fully saturated rings. The number of ketones is 2. The lowest BCUT2D eigenvalue weighted by Crippen LogP contribution is -2.39. The van der Waals surface area contributed by atoms with Gasteiger partial charge in [0.2, 0.25) is 11.8 Å². The van der Waals surface area contributed by atoms with Gasteiger partial charge in [0.25, 0.3) is 0 Å². The topological polar surface area (TPSA) is 105 Å². The minimum Gasteiger partial charge on any atom is -0.463 e. The lowest BCUT2D eigenvalue weighted by molar-refractivity contribution is -0.140. The van der Waals surface area contributed by atoms with E-state index in [9.17, 15) is 24.3 Å². The van der Waals surface area contributed by atoms with Gasteiger partial charge in [-0.1, -0.05) is 17.7 Å². The number of imide groups is 1. The molecule has 0 saturated carbocycles. The maximum atomic E-state index is 13.6. The number of carbonyl (C=O) groups is 4. The molecule has 1 saturated heterocycles. The van der Waals surface area contributed by atoms with Crippen LogP contribution in [-0.4, -0.2) is 33.4 Å². The largest absolute Gasteiger partial charge is 0.463 e. The third-order valence-electron chi connectivity index (χ3n) is 7.67. The molecule has 6 rings (SSSR count). The van der Waals surface area contributed by atoms with Gasteiger partial charge in [-0.05, 0) is 55.3 Å². The molecular weight excluding hydrogens is 466 g/mol. The Labute approximate surface area is 205 Å². The number of hydrogen-bond acceptors (Lipinski definition) is 7. The van der Waals surface area contributed by atoms with Gasteiger partial charge in [0.1, 0.15) is 18.1 Å². The summed E-state index contributed by atoms with van der Waals surface area (Å²) in [5.41, 5.74) is 2.00. The Morgan fingerprint density at radius 1 is 1.11 bits per heavy atom. The summed E-state index contributed by atoms with van der Waals surface area (Å²) in [7, 11) is 0. The quantitative estimate of drug-likeness (QED) is 0.401. The van der Waals surface area contributed by atoms with Crippen molar-refractivity contribution in [1.29, 1.82) is 0 Å². The number of rotatable bonds is 4. The summed E-state index contributed by atoms with van der Waals surface area (Å²) in [6, 6.07) is 7.16. The number of amides is 2. The van der Waals surface area contributed by atoms with Gasteiger partial charge in [-0.25, -0.2) is 0 Å². The molecule has 7 nitrogen and oxygen atoms in total. The molecule has 0 bridgehead atoms. The lowest BCUT2D eigenvalue weighted by Gasteiger charge is -2.41. The highest BCUT2D eigenvalue weighted by Gasteiger charge is 2.56. The number of aliphatic hydroxyl groups excluding tert-OH is 1. The summed E-state index contributed by atoms with van der Waals surface area (Å²) in [4.78, 5) is 55.6. The fourth-order valence-electron chi connectivity index (χ4n) is 6.10. The van der Waals surface area contributed by atoms with Crippen LogP contribution in [0.25, 0.3) is 0 Å². The molecule has 0 unspecified atom stereocenters. The fourth-order valence-corrected chi connectivity index (χ4v) is 6.79. The average Bonchev–Trinajstić information content (AvgIpc) is 3.59. The molecule has 4 aliphatic rings. The van der Waals surface area contributed by atoms with E-state index in [0.29, 0.717) is 34.7 Å². The first kappa shape index (κ1) is 22.1. The minimum atomic E-state index is -0.626. The van der Waals surface area contributed by atoms with Crippen LogP contribution in [0.2, 0.25) is 0 Å². The number of thiophene rings is 1. The SMILES string of the molecule is CC1=CC(=O)C2=C(C1=O)[C@@H](c1ccc(CO)o1)C1=CC[C@@H]3C(=O)N(Cc4cccs4)C(=O)[C@@H]3[C@@H]1C2. The Morgan fingerprint density at radius 2 is 1.94 bits per heavy atom. The number of aliphatic hydroxyl groups is 1. The first-order chi connectivity index (χ1) is 16.9. The van der Waals surface area contributed by atoms with Gasteiger partial charge in [-0.3, -0.25) is 24.1 Å². The van der Waals surface area contributed by atoms with Crippen molar-refractivity contribution in [1.82, 2.24) is 4.90 Å². The van der Waals surface area contributed by atoms with E-state index in [1.165, 1.54) is 22.3 Å². The van der Waals surface area contributed by atoms with Crippen LogP contribution in [0.4, 0.5) is 0 Å². The molecule has 178 valence electrons. The van der Waals surface area contributed by atoms with Crippen molar-refractivity contribution in [3.63, 3.8) is 0 Å². The van der Waals surface area contributed by atoms with E-state index in [1.54, 1.807) is 19.1 Å². The number of carbonyl (C=O) groups excluding carboxylic acids is 4. The van der Waals surface area contributed by atoms with E-state index in [4.69, 9.17) is 4.42 Å². The molecule has 3 heterocycles. The Balaban J connectivity index is 1.44. The van der Waals surface area contributed by atoms with Crippen molar-refractivity contribution in [2.24, 2.45) is 17.8 Å². The van der Waals surface area contributed by atoms with E-state index < -0.39 is 17.8 Å². The van der Waals surface area contributed by atoms with Crippen LogP contribution in [0, 0.1) is 17.8 Å². The minimum absolute atomic E-state index is 0.178. The highest BCUT2D eigenvalue weighted by molar-refractivity contribution is 7.09. The number of Topliss-reactive ketones (excluding diaryl/α,β-unsaturated/α-hetero) is 1. The molecule has 35 heavy (non-hydrogen) atoms. The summed E-state index contributed by atoms with van der Waals surface area (Å²) >= 11 is 1.50. The zero-order chi connectivity index (χ0) is 24.4. The molecule has 1 aliphatic heterocycles. The molecule has 1 N–H and O–H groups in total. The van der Waals surface area contributed by atoms with Gasteiger partial charge in [0, 0.05) is 21.6 Å². The number of furan rings is 1. The molecule has 8 heteroatoms. The monoisotopic (exact) mass is 489 g/mol. The molecule has 2 aromatic rings. The van der Waals surface area contributed by atoms with E-state index >= 15 is 0 Å². The highest BCUT2D eigenvalue weighted by atomic mass is 32.1. The molecule has 2 aromatic heterocycles. The van der Waals surface area contributed by atoms with Crippen molar-refractivity contribution < 1.29 is 28.7 Å². The molecule has 0 spiro atoms. The van der Waals surface area contributed by atoms with E-state index in [0.717, 1.165) is 10.5 Å². The van der Waals surface area contributed by atoms with E-state index in [2.05, 4.69) is 0 Å². The molecule has 3 aliphatic carbocycles. The summed E-state index contributed by atoms with van der Waals surface area (Å²) < 4.78 is 5.87. The van der Waals surface area contributed by atoms with E-state index in [1.807, 2.05) is 23.6 Å². The van der Waals surface area contributed by atoms with Crippen LogP contribution < -0.4 is 0 Å². The zero-order valence-electron chi connectivity index (χ0n) is 19.0. The first-order valence-electron chi connectivity index (χ1n) is 11.7. The fraction of sp³-hybridized carbons (Fsp3) is 0.333. The van der Waals surface area contributed by atoms with Crippen LogP contribution in [0.1, 0.15) is 42.1 Å². The normalized spacial score (nSPS) is 28.1. The van der Waals surface area contributed by atoms with Crippen LogP contribution in [0.3, 0.4) is 0 Å². The maximum Gasteiger partial charge on any atom is 0.234 e. The zero-order valence-corrected chi connectivity index (χ0v) is 19.8. The van der Waals surface area contributed by atoms with Crippen LogP contribution in [0.15, 0.2) is 68.5 Å². The van der Waals surface area contributed by atoms with Gasteiger partial charge < -0.3 is 9.52 Å². The molecule has 2 amide bonds. The second kappa shape index (κ2) is 8.10. The molecule has 4 atom stereocenters. The Kier molecular flexibility index (Phi) is 5.12. The number of allylic oxidation sites excluding steroid dienone is 6. The number of fused-ring (bicyclic) bond motifs is 3. The van der Waals surface area contributed by atoms with Crippen molar-refractivity contribution >= 4 is 34.7 Å². The maximum absolute atomic E-state index is 13.6. The highest BCUT2D eigenvalue weighted by Crippen LogP contribution is 2.55. The molecule has 0 aromatic carbocycles. The Morgan fingerprint density at radius 3 is 2.66 bits per heavy atom. The Bertz CT molecular complexity index is 1370. The van der Waals surface area contributed by atoms with Crippen molar-refractivity contribution in [2.45, 2.75) is 38.8 Å². The van der Waals surface area contributed by atoms with Crippen molar-refractivity contribution in [2.75, 3.05) is 0 Å². The second-order valence-electron chi connectivity index (χ2n) is 9.53. The Hall–Kier alpha value is -3.36. The van der Waals surface area contributed by atoms with Gasteiger partial charge in [0.05, 0.1) is 24.3 Å². The van der Waals surface area contributed by atoms with E-state index in [-0.39, 0.29) is 48.9 Å². The van der Waals surface area contributed by atoms with Crippen LogP contribution >= 0.6 is 11.3 Å². The smallest absolute Gasteiger partial charge is 0.234 e. The third-order valence-corrected chi connectivity index (χ3v) is 8.53. The van der Waals surface area contributed by atoms with Gasteiger partial charge in [0.15, 0.2) is 11.6 Å². The van der Waals surface area contributed by atoms with Crippen molar-refractivity contribution in [3.8, 4) is 0 Å². The lowest BCUT2D eigenvalue weighted by atomic mass is 9.60. The second-order valence-corrected chi connectivity index (χ2v) is 10.6. The van der Waals surface area contributed by atoms with Gasteiger partial charge in [-0.15, -0.1) is 11.3 Å². The summed E-state index contributed by atoms with van der Waals surface area (Å²) in [5.74, 6) is -2.09. The van der Waals surface area contributed by atoms with Crippen LogP contribution in [0.5, 0.6) is 0 Å². The number of likely N-dealkylation sites (tertiary alicyclic amines) is 1. The number of hydrogen-bond donors (Lipinski definition) is 1. The van der Waals surface area contributed by atoms with Crippen molar-refractivity contribution in [3.05, 3.63) is 80.5 Å². The number of nitrogens with zero attached hydrogens (tertiary/aromatic N) is 1. The molecule has 0 radical (unpaired) electrons. The predicted octanol–water partition coefficient (Wildman–Crippen LogP) is 3.46. The average molecular weight is 490 g/mol. The third kappa shape index (κ3) is 3.27. The summed E-state index contributed by atoms with van der Waals surface area (Å²) in [5, 5.41) is 11.4. The summed E-state index contributed by atoms with van der Waals surface area (Å²) in [6.45, 7) is 1.59. The van der Waals surface area contributed by atoms with Gasteiger partial charge >= 0.3 is 0 Å². The van der Waals surface area contributed by atoms with Crippen LogP contribution in [-0.2, 0) is 32.3 Å². The molecular formula is C27H23NO6S.